The van der Waals surface area contributed by atoms with Gasteiger partial charge in [-0.1, -0.05) is 23.2 Å². The van der Waals surface area contributed by atoms with E-state index in [1.165, 1.54) is 6.07 Å². The zero-order valence-electron chi connectivity index (χ0n) is 14.3. The van der Waals surface area contributed by atoms with E-state index < -0.39 is 17.6 Å². The minimum absolute atomic E-state index is 0.0811. The maximum atomic E-state index is 13.1. The third-order valence-corrected chi connectivity index (χ3v) is 4.39. The normalized spacial score (nSPS) is 13.6. The highest BCUT2D eigenvalue weighted by Crippen LogP contribution is 2.38. The number of carbonyl (C=O) groups excluding carboxylic acids is 1. The second-order valence-electron chi connectivity index (χ2n) is 5.92. The Hall–Kier alpha value is -2.32. The Balaban J connectivity index is 1.69. The van der Waals surface area contributed by atoms with Gasteiger partial charge in [-0.15, -0.1) is 0 Å². The largest absolute Gasteiger partial charge is 0.490 e. The van der Waals surface area contributed by atoms with Crippen LogP contribution in [0.4, 0.5) is 24.5 Å². The third-order valence-electron chi connectivity index (χ3n) is 3.84. The topological polar surface area (TPSA) is 59.6 Å². The number of hydrogen-bond donors (Lipinski definition) is 2. The Morgan fingerprint density at radius 2 is 1.71 bits per heavy atom. The SMILES string of the molecule is O=C(CNc1cc2c(cc1Cl)OCCCO2)Nc1ccc(Cl)cc1C(F)(F)F. The van der Waals surface area contributed by atoms with E-state index in [0.29, 0.717) is 35.4 Å². The molecule has 2 aromatic rings. The first-order chi connectivity index (χ1) is 13.2. The molecule has 1 heterocycles. The van der Waals surface area contributed by atoms with E-state index in [-0.39, 0.29) is 17.3 Å². The Morgan fingerprint density at radius 1 is 1.04 bits per heavy atom. The lowest BCUT2D eigenvalue weighted by Crippen LogP contribution is -2.23. The number of rotatable bonds is 4. The molecule has 0 saturated carbocycles. The quantitative estimate of drug-likeness (QED) is 0.691. The summed E-state index contributed by atoms with van der Waals surface area (Å²) in [4.78, 5) is 12.1. The van der Waals surface area contributed by atoms with Gasteiger partial charge in [-0.2, -0.15) is 13.2 Å². The molecule has 5 nitrogen and oxygen atoms in total. The van der Waals surface area contributed by atoms with Gasteiger partial charge in [0.2, 0.25) is 5.91 Å². The van der Waals surface area contributed by atoms with Gasteiger partial charge in [-0.25, -0.2) is 0 Å². The molecule has 3 rings (SSSR count). The van der Waals surface area contributed by atoms with Gasteiger partial charge in [0.05, 0.1) is 41.7 Å². The molecular formula is C18H15Cl2F3N2O3. The number of hydrogen-bond acceptors (Lipinski definition) is 4. The molecule has 150 valence electrons. The fraction of sp³-hybridized carbons (Fsp3) is 0.278. The van der Waals surface area contributed by atoms with Crippen LogP contribution in [0.1, 0.15) is 12.0 Å². The van der Waals surface area contributed by atoms with E-state index in [2.05, 4.69) is 10.6 Å². The zero-order chi connectivity index (χ0) is 20.3. The van der Waals surface area contributed by atoms with E-state index in [1.54, 1.807) is 12.1 Å². The number of alkyl halides is 3. The lowest BCUT2D eigenvalue weighted by atomic mass is 10.1. The fourth-order valence-electron chi connectivity index (χ4n) is 2.55. The summed E-state index contributed by atoms with van der Waals surface area (Å²) in [6, 6.07) is 6.26. The van der Waals surface area contributed by atoms with E-state index in [9.17, 15) is 18.0 Å². The molecule has 10 heteroatoms. The molecule has 0 aliphatic carbocycles. The van der Waals surface area contributed by atoms with Crippen LogP contribution in [0, 0.1) is 0 Å². The van der Waals surface area contributed by atoms with Crippen LogP contribution in [0.25, 0.3) is 0 Å². The van der Waals surface area contributed by atoms with Crippen LogP contribution < -0.4 is 20.1 Å². The fourth-order valence-corrected chi connectivity index (χ4v) is 2.94. The number of nitrogens with one attached hydrogen (secondary N) is 2. The van der Waals surface area contributed by atoms with Crippen molar-refractivity contribution in [2.45, 2.75) is 12.6 Å². The maximum absolute atomic E-state index is 13.1. The molecule has 1 aliphatic heterocycles. The van der Waals surface area contributed by atoms with Gasteiger partial charge in [0.25, 0.3) is 0 Å². The van der Waals surface area contributed by atoms with Crippen LogP contribution in [0.5, 0.6) is 11.5 Å². The highest BCUT2D eigenvalue weighted by molar-refractivity contribution is 6.33. The van der Waals surface area contributed by atoms with Crippen molar-refractivity contribution < 1.29 is 27.4 Å². The van der Waals surface area contributed by atoms with Gasteiger partial charge >= 0.3 is 6.18 Å². The van der Waals surface area contributed by atoms with Crippen molar-refractivity contribution in [1.29, 1.82) is 0 Å². The van der Waals surface area contributed by atoms with Crippen LogP contribution in [0.3, 0.4) is 0 Å². The Bertz CT molecular complexity index is 891. The maximum Gasteiger partial charge on any atom is 0.418 e. The van der Waals surface area contributed by atoms with Crippen molar-refractivity contribution in [1.82, 2.24) is 0 Å². The van der Waals surface area contributed by atoms with Crippen LogP contribution in [-0.2, 0) is 11.0 Å². The Kier molecular flexibility index (Phi) is 6.10. The Labute approximate surface area is 168 Å². The molecule has 0 radical (unpaired) electrons. The van der Waals surface area contributed by atoms with Gasteiger partial charge in [0.1, 0.15) is 0 Å². The molecule has 0 fully saturated rings. The molecular weight excluding hydrogens is 420 g/mol. The van der Waals surface area contributed by atoms with E-state index in [4.69, 9.17) is 32.7 Å². The number of anilines is 2. The highest BCUT2D eigenvalue weighted by atomic mass is 35.5. The van der Waals surface area contributed by atoms with Gasteiger partial charge in [0.15, 0.2) is 11.5 Å². The predicted molar refractivity (Wildman–Crippen MR) is 101 cm³/mol. The van der Waals surface area contributed by atoms with Crippen LogP contribution in [-0.4, -0.2) is 25.7 Å². The zero-order valence-corrected chi connectivity index (χ0v) is 15.8. The molecule has 0 saturated heterocycles. The Morgan fingerprint density at radius 3 is 2.39 bits per heavy atom. The van der Waals surface area contributed by atoms with Crippen molar-refractivity contribution in [3.63, 3.8) is 0 Å². The summed E-state index contributed by atoms with van der Waals surface area (Å²) in [5, 5.41) is 5.22. The van der Waals surface area contributed by atoms with Gasteiger partial charge in [-0.05, 0) is 18.2 Å². The van der Waals surface area contributed by atoms with Crippen molar-refractivity contribution in [2.75, 3.05) is 30.4 Å². The summed E-state index contributed by atoms with van der Waals surface area (Å²) in [5.41, 5.74) is -1.01. The van der Waals surface area contributed by atoms with Crippen LogP contribution in [0.15, 0.2) is 30.3 Å². The van der Waals surface area contributed by atoms with Gasteiger partial charge in [-0.3, -0.25) is 4.79 Å². The number of fused-ring (bicyclic) bond motifs is 1. The molecule has 0 aromatic heterocycles. The molecule has 0 atom stereocenters. The van der Waals surface area contributed by atoms with Crippen LogP contribution >= 0.6 is 23.2 Å². The number of carbonyl (C=O) groups is 1. The lowest BCUT2D eigenvalue weighted by molar-refractivity contribution is -0.137. The van der Waals surface area contributed by atoms with Crippen LogP contribution in [0.2, 0.25) is 10.0 Å². The number of halogens is 5. The molecule has 1 aliphatic rings. The minimum atomic E-state index is -4.65. The second-order valence-corrected chi connectivity index (χ2v) is 6.76. The standard InChI is InChI=1S/C18H15Cl2F3N2O3/c19-10-2-3-13(11(6-10)18(21,22)23)25-17(26)9-24-14-8-16-15(7-12(14)20)27-4-1-5-28-16/h2-3,6-8,24H,1,4-5,9H2,(H,25,26). The van der Waals surface area contributed by atoms with Crippen molar-refractivity contribution in [3.05, 3.63) is 45.9 Å². The highest BCUT2D eigenvalue weighted by Gasteiger charge is 2.34. The predicted octanol–water partition coefficient (Wildman–Crippen LogP) is 5.22. The smallest absolute Gasteiger partial charge is 0.418 e. The summed E-state index contributed by atoms with van der Waals surface area (Å²) in [6.07, 6.45) is -3.93. The molecule has 28 heavy (non-hydrogen) atoms. The van der Waals surface area contributed by atoms with E-state index >= 15 is 0 Å². The average molecular weight is 435 g/mol. The molecule has 2 N–H and O–H groups in total. The summed E-state index contributed by atoms with van der Waals surface area (Å²) in [6.45, 7) is 0.672. The number of ether oxygens (including phenoxy) is 2. The molecule has 2 aromatic carbocycles. The first-order valence-electron chi connectivity index (χ1n) is 8.23. The van der Waals surface area contributed by atoms with Crippen molar-refractivity contribution >= 4 is 40.5 Å². The summed E-state index contributed by atoms with van der Waals surface area (Å²) in [7, 11) is 0. The molecule has 0 unspecified atom stereocenters. The van der Waals surface area contributed by atoms with Crippen molar-refractivity contribution in [2.24, 2.45) is 0 Å². The molecule has 0 bridgehead atoms. The lowest BCUT2D eigenvalue weighted by Gasteiger charge is -2.15. The first kappa shape index (κ1) is 20.4. The number of benzene rings is 2. The second kappa shape index (κ2) is 8.36. The van der Waals surface area contributed by atoms with Crippen molar-refractivity contribution in [3.8, 4) is 11.5 Å². The summed E-state index contributed by atoms with van der Waals surface area (Å²) < 4.78 is 50.4. The van der Waals surface area contributed by atoms with Gasteiger partial charge < -0.3 is 20.1 Å². The monoisotopic (exact) mass is 434 g/mol. The number of amides is 1. The minimum Gasteiger partial charge on any atom is -0.490 e. The molecule has 1 amide bonds. The third kappa shape index (κ3) is 4.94. The molecule has 0 spiro atoms. The summed E-state index contributed by atoms with van der Waals surface area (Å²) in [5.74, 6) is 0.284. The average Bonchev–Trinajstić information content (AvgIpc) is 2.85. The summed E-state index contributed by atoms with van der Waals surface area (Å²) >= 11 is 11.8. The van der Waals surface area contributed by atoms with Gasteiger partial charge in [0, 0.05) is 23.6 Å². The first-order valence-corrected chi connectivity index (χ1v) is 8.99. The van der Waals surface area contributed by atoms with E-state index in [1.807, 2.05) is 0 Å². The van der Waals surface area contributed by atoms with E-state index in [0.717, 1.165) is 18.6 Å².